The second kappa shape index (κ2) is 8.31. The highest BCUT2D eigenvalue weighted by Crippen LogP contribution is 2.27. The van der Waals surface area contributed by atoms with Crippen LogP contribution in [0.5, 0.6) is 11.5 Å². The fraction of sp³-hybridized carbons (Fsp3) is 0.250. The maximum atomic E-state index is 12.5. The number of rotatable bonds is 4. The number of likely N-dealkylation sites (tertiary alicyclic amines) is 1. The van der Waals surface area contributed by atoms with Crippen LogP contribution in [0.3, 0.4) is 0 Å². The third-order valence-electron chi connectivity index (χ3n) is 4.74. The van der Waals surface area contributed by atoms with Crippen LogP contribution in [-0.2, 0) is 0 Å². The van der Waals surface area contributed by atoms with Crippen molar-refractivity contribution in [3.63, 3.8) is 0 Å². The molecule has 1 fully saturated rings. The van der Waals surface area contributed by atoms with Crippen LogP contribution in [0.4, 0.5) is 10.5 Å². The largest absolute Gasteiger partial charge is 0.457 e. The molecular formula is C20H20ClN5O2. The quantitative estimate of drug-likeness (QED) is 0.670. The fourth-order valence-corrected chi connectivity index (χ4v) is 3.42. The first-order chi connectivity index (χ1) is 13.7. The van der Waals surface area contributed by atoms with Crippen molar-refractivity contribution in [1.29, 1.82) is 0 Å². The SMILES string of the molecule is O=C(Nc1ccc(Oc2cccc(Cl)c2)cc1)N1CCC(c2ncn[nH]2)CC1. The molecule has 2 N–H and O–H groups in total. The zero-order valence-corrected chi connectivity index (χ0v) is 15.9. The first-order valence-electron chi connectivity index (χ1n) is 9.12. The third-order valence-corrected chi connectivity index (χ3v) is 4.97. The van der Waals surface area contributed by atoms with Crippen LogP contribution in [0.2, 0.25) is 5.02 Å². The summed E-state index contributed by atoms with van der Waals surface area (Å²) in [5, 5.41) is 10.4. The van der Waals surface area contributed by atoms with Gasteiger partial charge in [-0.15, -0.1) is 0 Å². The number of hydrogen-bond donors (Lipinski definition) is 2. The second-order valence-corrected chi connectivity index (χ2v) is 7.08. The predicted octanol–water partition coefficient (Wildman–Crippen LogP) is 4.66. The smallest absolute Gasteiger partial charge is 0.321 e. The lowest BCUT2D eigenvalue weighted by molar-refractivity contribution is 0.193. The number of aromatic nitrogens is 3. The summed E-state index contributed by atoms with van der Waals surface area (Å²) in [6.45, 7) is 1.38. The molecule has 0 saturated carbocycles. The van der Waals surface area contributed by atoms with Crippen molar-refractivity contribution in [2.75, 3.05) is 18.4 Å². The Labute approximate surface area is 167 Å². The van der Waals surface area contributed by atoms with Crippen LogP contribution in [0.1, 0.15) is 24.6 Å². The summed E-state index contributed by atoms with van der Waals surface area (Å²) in [6, 6.07) is 14.4. The van der Waals surface area contributed by atoms with E-state index in [1.165, 1.54) is 6.33 Å². The van der Waals surface area contributed by atoms with Gasteiger partial charge in [-0.2, -0.15) is 5.10 Å². The van der Waals surface area contributed by atoms with Gasteiger partial charge in [0.15, 0.2) is 0 Å². The summed E-state index contributed by atoms with van der Waals surface area (Å²) in [6.07, 6.45) is 3.26. The third kappa shape index (κ3) is 4.43. The van der Waals surface area contributed by atoms with E-state index in [0.717, 1.165) is 24.4 Å². The number of hydrogen-bond acceptors (Lipinski definition) is 4. The van der Waals surface area contributed by atoms with Gasteiger partial charge in [0.2, 0.25) is 0 Å². The van der Waals surface area contributed by atoms with Crippen molar-refractivity contribution < 1.29 is 9.53 Å². The Morgan fingerprint density at radius 1 is 1.14 bits per heavy atom. The molecule has 0 unspecified atom stereocenters. The van der Waals surface area contributed by atoms with E-state index in [-0.39, 0.29) is 6.03 Å². The molecular weight excluding hydrogens is 378 g/mol. The molecule has 2 aromatic carbocycles. The number of amides is 2. The van der Waals surface area contributed by atoms with E-state index in [9.17, 15) is 4.79 Å². The van der Waals surface area contributed by atoms with Gasteiger partial charge in [0, 0.05) is 29.7 Å². The topological polar surface area (TPSA) is 83.1 Å². The van der Waals surface area contributed by atoms with E-state index in [2.05, 4.69) is 20.5 Å². The molecule has 1 aromatic heterocycles. The highest BCUT2D eigenvalue weighted by atomic mass is 35.5. The minimum Gasteiger partial charge on any atom is -0.457 e. The lowest BCUT2D eigenvalue weighted by Gasteiger charge is -2.31. The van der Waals surface area contributed by atoms with Gasteiger partial charge in [-0.25, -0.2) is 9.78 Å². The van der Waals surface area contributed by atoms with Gasteiger partial charge in [-0.3, -0.25) is 5.10 Å². The molecule has 2 amide bonds. The lowest BCUT2D eigenvalue weighted by Crippen LogP contribution is -2.40. The molecule has 2 heterocycles. The first-order valence-corrected chi connectivity index (χ1v) is 9.50. The summed E-state index contributed by atoms with van der Waals surface area (Å²) in [4.78, 5) is 18.5. The Kier molecular flexibility index (Phi) is 5.43. The van der Waals surface area contributed by atoms with E-state index in [0.29, 0.717) is 35.5 Å². The molecule has 4 rings (SSSR count). The standard InChI is InChI=1S/C20H20ClN5O2/c21-15-2-1-3-18(12-15)28-17-6-4-16(5-7-17)24-20(27)26-10-8-14(9-11-26)19-22-13-23-25-19/h1-7,12-14H,8-11H2,(H,24,27)(H,22,23,25). The number of H-pyrrole nitrogens is 1. The molecule has 0 spiro atoms. The Morgan fingerprint density at radius 2 is 1.93 bits per heavy atom. The highest BCUT2D eigenvalue weighted by molar-refractivity contribution is 6.30. The molecule has 0 aliphatic carbocycles. The average molecular weight is 398 g/mol. The minimum absolute atomic E-state index is 0.0977. The van der Waals surface area contributed by atoms with Crippen LogP contribution in [0.25, 0.3) is 0 Å². The molecule has 1 aliphatic heterocycles. The van der Waals surface area contributed by atoms with Crippen molar-refractivity contribution in [3.8, 4) is 11.5 Å². The monoisotopic (exact) mass is 397 g/mol. The first kappa shape index (κ1) is 18.3. The van der Waals surface area contributed by atoms with Gasteiger partial charge in [-0.1, -0.05) is 17.7 Å². The van der Waals surface area contributed by atoms with Crippen molar-refractivity contribution >= 4 is 23.3 Å². The molecule has 1 saturated heterocycles. The number of anilines is 1. The Morgan fingerprint density at radius 3 is 2.61 bits per heavy atom. The molecule has 7 nitrogen and oxygen atoms in total. The molecule has 1 aliphatic rings. The van der Waals surface area contributed by atoms with Gasteiger partial charge in [0.05, 0.1) is 0 Å². The molecule has 0 atom stereocenters. The van der Waals surface area contributed by atoms with E-state index >= 15 is 0 Å². The van der Waals surface area contributed by atoms with Gasteiger partial charge in [-0.05, 0) is 55.3 Å². The van der Waals surface area contributed by atoms with Crippen molar-refractivity contribution in [2.24, 2.45) is 0 Å². The Balaban J connectivity index is 1.30. The highest BCUT2D eigenvalue weighted by Gasteiger charge is 2.25. The maximum absolute atomic E-state index is 12.5. The molecule has 144 valence electrons. The summed E-state index contributed by atoms with van der Waals surface area (Å²) < 4.78 is 5.76. The van der Waals surface area contributed by atoms with Crippen molar-refractivity contribution in [2.45, 2.75) is 18.8 Å². The summed E-state index contributed by atoms with van der Waals surface area (Å²) in [7, 11) is 0. The average Bonchev–Trinajstić information content (AvgIpc) is 3.24. The molecule has 3 aromatic rings. The second-order valence-electron chi connectivity index (χ2n) is 6.65. The number of ether oxygens (including phenoxy) is 1. The zero-order chi connectivity index (χ0) is 19.3. The summed E-state index contributed by atoms with van der Waals surface area (Å²) in [5.41, 5.74) is 0.723. The molecule has 0 bridgehead atoms. The van der Waals surface area contributed by atoms with Crippen LogP contribution < -0.4 is 10.1 Å². The number of benzene rings is 2. The van der Waals surface area contributed by atoms with Crippen LogP contribution in [0, 0.1) is 0 Å². The van der Waals surface area contributed by atoms with E-state index in [1.54, 1.807) is 12.1 Å². The van der Waals surface area contributed by atoms with Crippen LogP contribution in [0.15, 0.2) is 54.9 Å². The van der Waals surface area contributed by atoms with E-state index < -0.39 is 0 Å². The van der Waals surface area contributed by atoms with Gasteiger partial charge >= 0.3 is 6.03 Å². The predicted molar refractivity (Wildman–Crippen MR) is 107 cm³/mol. The summed E-state index contributed by atoms with van der Waals surface area (Å²) >= 11 is 5.96. The fourth-order valence-electron chi connectivity index (χ4n) is 3.24. The summed E-state index contributed by atoms with van der Waals surface area (Å²) in [5.74, 6) is 2.57. The Bertz CT molecular complexity index is 922. The van der Waals surface area contributed by atoms with Crippen LogP contribution in [-0.4, -0.2) is 39.2 Å². The molecule has 28 heavy (non-hydrogen) atoms. The maximum Gasteiger partial charge on any atom is 0.321 e. The number of aromatic amines is 1. The number of urea groups is 1. The Hall–Kier alpha value is -3.06. The number of carbonyl (C=O) groups is 1. The van der Waals surface area contributed by atoms with Gasteiger partial charge in [0.25, 0.3) is 0 Å². The minimum atomic E-state index is -0.0977. The number of carbonyl (C=O) groups excluding carboxylic acids is 1. The molecule has 0 radical (unpaired) electrons. The van der Waals surface area contributed by atoms with Gasteiger partial charge in [0.1, 0.15) is 23.7 Å². The number of nitrogens with zero attached hydrogens (tertiary/aromatic N) is 3. The number of nitrogens with one attached hydrogen (secondary N) is 2. The lowest BCUT2D eigenvalue weighted by atomic mass is 9.96. The van der Waals surface area contributed by atoms with E-state index in [4.69, 9.17) is 16.3 Å². The van der Waals surface area contributed by atoms with Gasteiger partial charge < -0.3 is 15.0 Å². The van der Waals surface area contributed by atoms with E-state index in [1.807, 2.05) is 41.3 Å². The normalized spacial score (nSPS) is 14.7. The van der Waals surface area contributed by atoms with Crippen LogP contribution >= 0.6 is 11.6 Å². The molecule has 8 heteroatoms. The number of piperidine rings is 1. The van der Waals surface area contributed by atoms with Crippen molar-refractivity contribution in [1.82, 2.24) is 20.1 Å². The van der Waals surface area contributed by atoms with Crippen molar-refractivity contribution in [3.05, 3.63) is 65.7 Å². The zero-order valence-electron chi connectivity index (χ0n) is 15.1. The number of halogens is 1.